The average Bonchev–Trinajstić information content (AvgIpc) is 2.62. The van der Waals surface area contributed by atoms with E-state index in [2.05, 4.69) is 0 Å². The summed E-state index contributed by atoms with van der Waals surface area (Å²) in [5, 5.41) is 0. The van der Waals surface area contributed by atoms with Gasteiger partial charge in [-0.15, -0.1) is 0 Å². The topological polar surface area (TPSA) is 44.8 Å². The molecule has 3 aromatic carbocycles. The Hall–Kier alpha value is -2.71. The van der Waals surface area contributed by atoms with Crippen LogP contribution in [-0.4, -0.2) is 0 Å². The molecule has 0 heterocycles. The van der Waals surface area contributed by atoms with Crippen molar-refractivity contribution >= 4 is 7.82 Å². The largest absolute Gasteiger partial charge is 0.647 e. The molecule has 28 heavy (non-hydrogen) atoms. The van der Waals surface area contributed by atoms with E-state index in [1.807, 2.05) is 65.0 Å². The van der Waals surface area contributed by atoms with E-state index in [1.54, 1.807) is 30.3 Å². The van der Waals surface area contributed by atoms with Gasteiger partial charge in [0.2, 0.25) is 0 Å². The zero-order valence-corrected chi connectivity index (χ0v) is 17.7. The van der Waals surface area contributed by atoms with Crippen molar-refractivity contribution in [2.45, 2.75) is 34.6 Å². The lowest BCUT2D eigenvalue weighted by atomic mass is 10.1. The van der Waals surface area contributed by atoms with E-state index in [4.69, 9.17) is 13.6 Å². The van der Waals surface area contributed by atoms with Crippen molar-refractivity contribution in [2.24, 2.45) is 0 Å². The van der Waals surface area contributed by atoms with Gasteiger partial charge in [-0.3, -0.25) is 0 Å². The van der Waals surface area contributed by atoms with Crippen molar-refractivity contribution in [1.29, 1.82) is 0 Å². The first-order valence-electron chi connectivity index (χ1n) is 9.15. The molecule has 0 radical (unpaired) electrons. The summed E-state index contributed by atoms with van der Waals surface area (Å²) in [6.45, 7) is 9.73. The molecule has 0 N–H and O–H groups in total. The number of hydrogen-bond acceptors (Lipinski definition) is 4. The number of hydrogen-bond donors (Lipinski definition) is 0. The maximum Gasteiger partial charge on any atom is 0.647 e. The highest BCUT2D eigenvalue weighted by Gasteiger charge is 2.34. The lowest BCUT2D eigenvalue weighted by molar-refractivity contribution is 0.296. The fraction of sp³-hybridized carbons (Fsp3) is 0.217. The van der Waals surface area contributed by atoms with Crippen LogP contribution in [-0.2, 0) is 4.57 Å². The van der Waals surface area contributed by atoms with Gasteiger partial charge in [0.05, 0.1) is 0 Å². The highest BCUT2D eigenvalue weighted by molar-refractivity contribution is 7.49. The molecule has 0 aliphatic heterocycles. The van der Waals surface area contributed by atoms with Crippen molar-refractivity contribution < 1.29 is 18.1 Å². The maximum absolute atomic E-state index is 13.7. The maximum atomic E-state index is 13.7. The molecule has 0 fully saturated rings. The summed E-state index contributed by atoms with van der Waals surface area (Å²) >= 11 is 0. The molecule has 0 saturated heterocycles. The first-order chi connectivity index (χ1) is 13.3. The van der Waals surface area contributed by atoms with Gasteiger partial charge in [-0.25, -0.2) is 0 Å². The number of para-hydroxylation sites is 1. The second-order valence-corrected chi connectivity index (χ2v) is 8.47. The van der Waals surface area contributed by atoms with Crippen molar-refractivity contribution in [3.05, 3.63) is 88.5 Å². The number of aryl methyl sites for hydroxylation is 5. The Bertz CT molecular complexity index is 1010. The Balaban J connectivity index is 2.00. The molecule has 0 saturated carbocycles. The fourth-order valence-electron chi connectivity index (χ4n) is 3.11. The van der Waals surface area contributed by atoms with E-state index in [1.165, 1.54) is 0 Å². The van der Waals surface area contributed by atoms with Crippen LogP contribution in [0, 0.1) is 34.6 Å². The monoisotopic (exact) mass is 396 g/mol. The molecule has 0 aromatic heterocycles. The predicted octanol–water partition coefficient (Wildman–Crippen LogP) is 6.87. The van der Waals surface area contributed by atoms with Crippen LogP contribution in [0.25, 0.3) is 0 Å². The smallest absolute Gasteiger partial charge is 0.386 e. The minimum absolute atomic E-state index is 0.415. The van der Waals surface area contributed by atoms with E-state index in [0.29, 0.717) is 17.2 Å². The molecule has 0 unspecified atom stereocenters. The Labute approximate surface area is 166 Å². The first kappa shape index (κ1) is 20.0. The highest BCUT2D eigenvalue weighted by atomic mass is 31.2. The number of phosphoric ester groups is 1. The molecule has 5 heteroatoms. The van der Waals surface area contributed by atoms with Crippen LogP contribution < -0.4 is 13.6 Å². The zero-order valence-electron chi connectivity index (χ0n) is 16.9. The number of rotatable bonds is 6. The third kappa shape index (κ3) is 4.76. The second-order valence-electron chi connectivity index (χ2n) is 7.03. The van der Waals surface area contributed by atoms with Crippen LogP contribution >= 0.6 is 7.82 Å². The van der Waals surface area contributed by atoms with Gasteiger partial charge in [-0.1, -0.05) is 53.6 Å². The third-order valence-electron chi connectivity index (χ3n) is 4.31. The summed E-state index contributed by atoms with van der Waals surface area (Å²) in [6.07, 6.45) is 0. The zero-order chi connectivity index (χ0) is 20.3. The standard InChI is InChI=1S/C23H25O4P/c1-16-11-12-22(18(3)13-16)26-28(24,25-21-9-7-6-8-10-21)27-23-19(4)14-17(2)15-20(23)5/h6-15H,1-5H3/t28-/m1/s1. The molecule has 0 aliphatic rings. The lowest BCUT2D eigenvalue weighted by Crippen LogP contribution is -2.09. The molecule has 3 rings (SSSR count). The summed E-state index contributed by atoms with van der Waals surface area (Å²) in [5.41, 5.74) is 4.81. The van der Waals surface area contributed by atoms with Gasteiger partial charge in [0.15, 0.2) is 0 Å². The third-order valence-corrected chi connectivity index (χ3v) is 5.57. The fourth-order valence-corrected chi connectivity index (χ4v) is 4.56. The molecule has 1 atom stereocenters. The van der Waals surface area contributed by atoms with Gasteiger partial charge in [0.25, 0.3) is 0 Å². The second kappa shape index (κ2) is 8.12. The van der Waals surface area contributed by atoms with Gasteiger partial charge in [-0.05, 0) is 69.5 Å². The summed E-state index contributed by atoms with van der Waals surface area (Å²) in [6, 6.07) is 18.5. The quantitative estimate of drug-likeness (QED) is 0.426. The van der Waals surface area contributed by atoms with Gasteiger partial charge in [-0.2, -0.15) is 4.57 Å². The van der Waals surface area contributed by atoms with E-state index >= 15 is 0 Å². The summed E-state index contributed by atoms with van der Waals surface area (Å²) in [7, 11) is -4.00. The molecule has 0 amide bonds. The van der Waals surface area contributed by atoms with Crippen molar-refractivity contribution in [3.8, 4) is 17.2 Å². The summed E-state index contributed by atoms with van der Waals surface area (Å²) < 4.78 is 31.2. The Kier molecular flexibility index (Phi) is 5.81. The van der Waals surface area contributed by atoms with Crippen molar-refractivity contribution in [1.82, 2.24) is 0 Å². The van der Waals surface area contributed by atoms with Gasteiger partial charge in [0.1, 0.15) is 17.2 Å². The average molecular weight is 396 g/mol. The predicted molar refractivity (Wildman–Crippen MR) is 113 cm³/mol. The summed E-state index contributed by atoms with van der Waals surface area (Å²) in [5.74, 6) is 1.39. The summed E-state index contributed by atoms with van der Waals surface area (Å²) in [4.78, 5) is 0. The van der Waals surface area contributed by atoms with E-state index < -0.39 is 7.82 Å². The number of phosphoric acid groups is 1. The molecule has 146 valence electrons. The molecule has 0 spiro atoms. The molecule has 3 aromatic rings. The van der Waals surface area contributed by atoms with Crippen LogP contribution in [0.5, 0.6) is 17.2 Å². The van der Waals surface area contributed by atoms with E-state index in [-0.39, 0.29) is 0 Å². The highest BCUT2D eigenvalue weighted by Crippen LogP contribution is 2.51. The minimum Gasteiger partial charge on any atom is -0.386 e. The SMILES string of the molecule is Cc1ccc(O[P@@](=O)(Oc2ccccc2)Oc2c(C)cc(C)cc2C)c(C)c1. The van der Waals surface area contributed by atoms with Crippen molar-refractivity contribution in [2.75, 3.05) is 0 Å². The Morgan fingerprint density at radius 2 is 1.25 bits per heavy atom. The van der Waals surface area contributed by atoms with E-state index in [9.17, 15) is 4.57 Å². The van der Waals surface area contributed by atoms with Gasteiger partial charge >= 0.3 is 7.82 Å². The molecular weight excluding hydrogens is 371 g/mol. The number of benzene rings is 3. The Morgan fingerprint density at radius 1 is 0.643 bits per heavy atom. The van der Waals surface area contributed by atoms with Crippen LogP contribution in [0.3, 0.4) is 0 Å². The van der Waals surface area contributed by atoms with Crippen LogP contribution in [0.2, 0.25) is 0 Å². The lowest BCUT2D eigenvalue weighted by Gasteiger charge is -2.22. The molecular formula is C23H25O4P. The normalized spacial score (nSPS) is 12.9. The van der Waals surface area contributed by atoms with Crippen LogP contribution in [0.4, 0.5) is 0 Å². The van der Waals surface area contributed by atoms with Crippen molar-refractivity contribution in [3.63, 3.8) is 0 Å². The molecule has 4 nitrogen and oxygen atoms in total. The van der Waals surface area contributed by atoms with Crippen LogP contribution in [0.15, 0.2) is 60.7 Å². The molecule has 0 bridgehead atoms. The van der Waals surface area contributed by atoms with Gasteiger partial charge < -0.3 is 13.6 Å². The van der Waals surface area contributed by atoms with Crippen LogP contribution in [0.1, 0.15) is 27.8 Å². The molecule has 0 aliphatic carbocycles. The van der Waals surface area contributed by atoms with Gasteiger partial charge in [0, 0.05) is 0 Å². The first-order valence-corrected chi connectivity index (χ1v) is 10.6. The minimum atomic E-state index is -4.00. The Morgan fingerprint density at radius 3 is 1.86 bits per heavy atom. The van der Waals surface area contributed by atoms with E-state index in [0.717, 1.165) is 27.8 Å².